The van der Waals surface area contributed by atoms with Crippen molar-refractivity contribution in [1.29, 1.82) is 0 Å². The number of hydrogen-bond donors (Lipinski definition) is 2. The van der Waals surface area contributed by atoms with E-state index in [0.717, 1.165) is 11.1 Å². The van der Waals surface area contributed by atoms with Crippen LogP contribution in [0, 0.1) is 0 Å². The van der Waals surface area contributed by atoms with Gasteiger partial charge >= 0.3 is 18.0 Å². The molecule has 3 aromatic rings. The Morgan fingerprint density at radius 1 is 0.894 bits per heavy atom. The number of ether oxygens (including phenoxy) is 2. The van der Waals surface area contributed by atoms with Gasteiger partial charge < -0.3 is 24.8 Å². The second kappa shape index (κ2) is 15.1. The maximum absolute atomic E-state index is 12.8. The number of hydrogen-bond acceptors (Lipinski definition) is 7. The fraction of sp³-hybridized carbons (Fsp3) is 0.432. The largest absolute Gasteiger partial charge is 0.480 e. The lowest BCUT2D eigenvalue weighted by molar-refractivity contribution is -0.156. The van der Waals surface area contributed by atoms with E-state index in [-0.39, 0.29) is 31.2 Å². The number of amides is 2. The molecule has 0 radical (unpaired) electrons. The number of benzene rings is 3. The first-order valence-electron chi connectivity index (χ1n) is 16.2. The number of nitrogens with zero attached hydrogens (tertiary/aromatic N) is 3. The van der Waals surface area contributed by atoms with Gasteiger partial charge in [-0.25, -0.2) is 4.79 Å². The second-order valence-electron chi connectivity index (χ2n) is 13.4. The van der Waals surface area contributed by atoms with Crippen LogP contribution in [0.1, 0.15) is 48.9 Å². The van der Waals surface area contributed by atoms with Crippen LogP contribution in [-0.4, -0.2) is 103 Å². The molecule has 2 aliphatic rings. The lowest BCUT2D eigenvalue weighted by Crippen LogP contribution is -2.52. The summed E-state index contributed by atoms with van der Waals surface area (Å²) in [4.78, 5) is 42.6. The number of fused-ring (bicyclic) bond motifs is 3. The summed E-state index contributed by atoms with van der Waals surface area (Å²) in [6.45, 7) is 9.05. The van der Waals surface area contributed by atoms with E-state index < -0.39 is 17.6 Å². The average molecular weight is 643 g/mol. The molecule has 0 spiro atoms. The summed E-state index contributed by atoms with van der Waals surface area (Å²) in [6, 6.07) is 23.5. The van der Waals surface area contributed by atoms with Gasteiger partial charge in [0.2, 0.25) is 0 Å². The molecule has 0 unspecified atom stereocenters. The SMILES string of the molecule is CN(COCC1c2ccccc2-c2ccccc21)[C@H](Cc1ccc(CNC(=O)N2CCN(CC(=O)OC(C)(C)C)CC2)cc1)C(=O)O. The van der Waals surface area contributed by atoms with E-state index in [1.807, 2.05) is 74.2 Å². The zero-order valence-electron chi connectivity index (χ0n) is 27.8. The maximum atomic E-state index is 12.8. The number of nitrogens with one attached hydrogen (secondary N) is 1. The number of rotatable bonds is 12. The summed E-state index contributed by atoms with van der Waals surface area (Å²) in [5.41, 5.74) is 6.22. The molecule has 1 heterocycles. The maximum Gasteiger partial charge on any atom is 0.321 e. The van der Waals surface area contributed by atoms with Crippen molar-refractivity contribution in [3.63, 3.8) is 0 Å². The van der Waals surface area contributed by atoms with Crippen LogP contribution in [0.4, 0.5) is 4.79 Å². The van der Waals surface area contributed by atoms with Crippen molar-refractivity contribution in [1.82, 2.24) is 20.0 Å². The number of carboxylic acid groups (broad SMARTS) is 1. The topological polar surface area (TPSA) is 112 Å². The van der Waals surface area contributed by atoms with E-state index >= 15 is 0 Å². The number of carbonyl (C=O) groups is 3. The summed E-state index contributed by atoms with van der Waals surface area (Å²) < 4.78 is 11.5. The number of aliphatic carboxylic acids is 1. The fourth-order valence-corrected chi connectivity index (χ4v) is 6.25. The Hall–Kier alpha value is -4.25. The Morgan fingerprint density at radius 3 is 2.04 bits per heavy atom. The normalized spacial score (nSPS) is 15.6. The molecule has 1 aliphatic carbocycles. The number of piperazine rings is 1. The van der Waals surface area contributed by atoms with Crippen LogP contribution >= 0.6 is 0 Å². The fourth-order valence-electron chi connectivity index (χ4n) is 6.25. The third kappa shape index (κ3) is 8.97. The van der Waals surface area contributed by atoms with Crippen molar-refractivity contribution in [3.8, 4) is 11.1 Å². The highest BCUT2D eigenvalue weighted by atomic mass is 16.6. The van der Waals surface area contributed by atoms with Crippen LogP contribution in [0.5, 0.6) is 0 Å². The molecule has 250 valence electrons. The van der Waals surface area contributed by atoms with Crippen molar-refractivity contribution in [3.05, 3.63) is 95.1 Å². The van der Waals surface area contributed by atoms with Gasteiger partial charge in [0.15, 0.2) is 0 Å². The van der Waals surface area contributed by atoms with Gasteiger partial charge in [0.1, 0.15) is 11.6 Å². The predicted molar refractivity (Wildman–Crippen MR) is 180 cm³/mol. The van der Waals surface area contributed by atoms with Gasteiger partial charge in [-0.2, -0.15) is 0 Å². The first kappa shape index (κ1) is 34.1. The molecule has 2 N–H and O–H groups in total. The summed E-state index contributed by atoms with van der Waals surface area (Å²) in [5, 5.41) is 13.0. The Kier molecular flexibility index (Phi) is 11.0. The van der Waals surface area contributed by atoms with Crippen molar-refractivity contribution in [2.75, 3.05) is 53.1 Å². The molecule has 1 aliphatic heterocycles. The Labute approximate surface area is 277 Å². The molecule has 1 saturated heterocycles. The van der Waals surface area contributed by atoms with E-state index in [1.54, 1.807) is 16.8 Å². The van der Waals surface area contributed by atoms with Crippen molar-refractivity contribution < 1.29 is 29.0 Å². The minimum atomic E-state index is -0.907. The number of esters is 1. The van der Waals surface area contributed by atoms with Crippen LogP contribution in [0.25, 0.3) is 11.1 Å². The first-order chi connectivity index (χ1) is 22.5. The van der Waals surface area contributed by atoms with Gasteiger partial charge in [0.05, 0.1) is 19.9 Å². The zero-order valence-corrected chi connectivity index (χ0v) is 27.8. The second-order valence-corrected chi connectivity index (χ2v) is 13.4. The zero-order chi connectivity index (χ0) is 33.6. The lowest BCUT2D eigenvalue weighted by atomic mass is 9.98. The first-order valence-corrected chi connectivity index (χ1v) is 16.2. The van der Waals surface area contributed by atoms with Gasteiger partial charge in [-0.3, -0.25) is 19.4 Å². The van der Waals surface area contributed by atoms with Crippen LogP contribution < -0.4 is 5.32 Å². The van der Waals surface area contributed by atoms with E-state index in [1.165, 1.54) is 22.3 Å². The highest BCUT2D eigenvalue weighted by Gasteiger charge is 2.29. The van der Waals surface area contributed by atoms with Crippen LogP contribution in [0.3, 0.4) is 0 Å². The highest BCUT2D eigenvalue weighted by Crippen LogP contribution is 2.44. The smallest absolute Gasteiger partial charge is 0.321 e. The molecule has 2 amide bonds. The molecule has 1 fully saturated rings. The average Bonchev–Trinajstić information content (AvgIpc) is 3.36. The van der Waals surface area contributed by atoms with Crippen molar-refractivity contribution >= 4 is 18.0 Å². The summed E-state index contributed by atoms with van der Waals surface area (Å²) in [5.74, 6) is -1.05. The molecule has 0 saturated carbocycles. The van der Waals surface area contributed by atoms with Gasteiger partial charge in [-0.05, 0) is 67.6 Å². The summed E-state index contributed by atoms with van der Waals surface area (Å²) in [6.07, 6.45) is 0.324. The van der Waals surface area contributed by atoms with Gasteiger partial charge in [0, 0.05) is 38.6 Å². The molecular formula is C37H46N4O6. The molecule has 1 atom stereocenters. The molecule has 10 nitrogen and oxygen atoms in total. The van der Waals surface area contributed by atoms with Gasteiger partial charge in [0.25, 0.3) is 0 Å². The van der Waals surface area contributed by atoms with Gasteiger partial charge in [-0.1, -0.05) is 72.8 Å². The lowest BCUT2D eigenvalue weighted by Gasteiger charge is -2.34. The van der Waals surface area contributed by atoms with E-state index in [4.69, 9.17) is 9.47 Å². The molecule has 5 rings (SSSR count). The standard InChI is InChI=1S/C37H46N4O6/c1-37(2,3)47-34(42)23-40-17-19-41(20-18-40)36(45)38-22-27-15-13-26(14-16-27)21-33(35(43)44)39(4)25-46-24-32-30-11-7-5-9-28(30)29-10-6-8-12-31(29)32/h5-16,32-33H,17-25H2,1-4H3,(H,38,45)(H,43,44)/t33-/m1/s1. The monoisotopic (exact) mass is 642 g/mol. The van der Waals surface area contributed by atoms with Crippen molar-refractivity contribution in [2.45, 2.75) is 51.3 Å². The van der Waals surface area contributed by atoms with E-state index in [2.05, 4.69) is 29.6 Å². The number of carbonyl (C=O) groups excluding carboxylic acids is 2. The molecule has 47 heavy (non-hydrogen) atoms. The Balaban J connectivity index is 1.06. The number of likely N-dealkylation sites (N-methyl/N-ethyl adjacent to an activating group) is 1. The number of carboxylic acids is 1. The van der Waals surface area contributed by atoms with E-state index in [0.29, 0.717) is 45.8 Å². The van der Waals surface area contributed by atoms with Crippen molar-refractivity contribution in [2.24, 2.45) is 0 Å². The van der Waals surface area contributed by atoms with Gasteiger partial charge in [-0.15, -0.1) is 0 Å². The van der Waals surface area contributed by atoms with Crippen LogP contribution in [-0.2, 0) is 32.0 Å². The molecule has 0 bridgehead atoms. The number of urea groups is 1. The molecular weight excluding hydrogens is 596 g/mol. The minimum Gasteiger partial charge on any atom is -0.480 e. The third-order valence-electron chi connectivity index (χ3n) is 8.69. The van der Waals surface area contributed by atoms with E-state index in [9.17, 15) is 19.5 Å². The quantitative estimate of drug-likeness (QED) is 0.219. The molecule has 3 aromatic carbocycles. The third-order valence-corrected chi connectivity index (χ3v) is 8.69. The van der Waals surface area contributed by atoms with Crippen LogP contribution in [0.2, 0.25) is 0 Å². The summed E-state index contributed by atoms with van der Waals surface area (Å²) in [7, 11) is 1.77. The Bertz CT molecular complexity index is 1500. The summed E-state index contributed by atoms with van der Waals surface area (Å²) >= 11 is 0. The predicted octanol–water partition coefficient (Wildman–Crippen LogP) is 4.57. The molecule has 0 aromatic heterocycles. The van der Waals surface area contributed by atoms with Crippen LogP contribution in [0.15, 0.2) is 72.8 Å². The Morgan fingerprint density at radius 2 is 1.47 bits per heavy atom. The highest BCUT2D eigenvalue weighted by molar-refractivity contribution is 5.79. The molecule has 10 heteroatoms. The minimum absolute atomic E-state index is 0.112.